The van der Waals surface area contributed by atoms with Crippen LogP contribution < -0.4 is 10.0 Å². The lowest BCUT2D eigenvalue weighted by Crippen LogP contribution is -2.26. The van der Waals surface area contributed by atoms with E-state index in [1.807, 2.05) is 77.6 Å². The summed E-state index contributed by atoms with van der Waals surface area (Å²) in [5.41, 5.74) is 6.19. The predicted octanol–water partition coefficient (Wildman–Crippen LogP) is 4.10. The molecule has 4 aromatic rings. The SMILES string of the molecule is CNS(=O)(=O)CCNc1ccc(-c2ccccc2)cc1-c1ccn(Cc2cccc(C#N)c2)n1. The Morgan fingerprint density at radius 1 is 0.971 bits per heavy atom. The minimum Gasteiger partial charge on any atom is -0.383 e. The molecule has 172 valence electrons. The quantitative estimate of drug-likeness (QED) is 0.383. The Kier molecular flexibility index (Phi) is 7.07. The molecule has 0 atom stereocenters. The minimum absolute atomic E-state index is 0.0347. The van der Waals surface area contributed by atoms with Gasteiger partial charge >= 0.3 is 0 Å². The molecule has 0 spiro atoms. The third-order valence-corrected chi connectivity index (χ3v) is 6.80. The fourth-order valence-corrected chi connectivity index (χ4v) is 4.24. The highest BCUT2D eigenvalue weighted by atomic mass is 32.2. The standard InChI is InChI=1S/C26H25N5O2S/c1-28-34(32,33)15-13-29-25-11-10-23(22-8-3-2-4-9-22)17-24(25)26-12-14-31(30-26)19-21-7-5-6-20(16-21)18-27/h2-12,14,16-17,28-29H,13,15,19H2,1H3. The highest BCUT2D eigenvalue weighted by Gasteiger charge is 2.13. The van der Waals surface area contributed by atoms with E-state index in [4.69, 9.17) is 10.4 Å². The third-order valence-electron chi connectivity index (χ3n) is 5.44. The summed E-state index contributed by atoms with van der Waals surface area (Å²) in [6.45, 7) is 0.805. The Bertz CT molecular complexity index is 1420. The van der Waals surface area contributed by atoms with Gasteiger partial charge in [0.2, 0.25) is 10.0 Å². The number of hydrogen-bond acceptors (Lipinski definition) is 5. The van der Waals surface area contributed by atoms with Crippen LogP contribution in [0.1, 0.15) is 11.1 Å². The molecule has 0 saturated heterocycles. The highest BCUT2D eigenvalue weighted by Crippen LogP contribution is 2.32. The number of nitrogens with zero attached hydrogens (tertiary/aromatic N) is 3. The van der Waals surface area contributed by atoms with E-state index in [1.165, 1.54) is 7.05 Å². The van der Waals surface area contributed by atoms with Crippen LogP contribution in [0.5, 0.6) is 0 Å². The van der Waals surface area contributed by atoms with Gasteiger partial charge in [0.15, 0.2) is 0 Å². The maximum Gasteiger partial charge on any atom is 0.213 e. The first-order chi connectivity index (χ1) is 16.5. The molecule has 0 amide bonds. The van der Waals surface area contributed by atoms with Gasteiger partial charge < -0.3 is 5.32 Å². The van der Waals surface area contributed by atoms with Crippen LogP contribution in [-0.2, 0) is 16.6 Å². The third kappa shape index (κ3) is 5.70. The van der Waals surface area contributed by atoms with Crippen molar-refractivity contribution in [2.45, 2.75) is 6.54 Å². The van der Waals surface area contributed by atoms with Gasteiger partial charge in [-0.2, -0.15) is 10.4 Å². The lowest BCUT2D eigenvalue weighted by Gasteiger charge is -2.13. The van der Waals surface area contributed by atoms with E-state index in [2.05, 4.69) is 22.2 Å². The topological polar surface area (TPSA) is 99.8 Å². The second kappa shape index (κ2) is 10.3. The Hall–Kier alpha value is -3.93. The number of sulfonamides is 1. The molecule has 1 heterocycles. The molecule has 2 N–H and O–H groups in total. The minimum atomic E-state index is -3.31. The number of rotatable bonds is 9. The summed E-state index contributed by atoms with van der Waals surface area (Å²) in [6.07, 6.45) is 1.90. The Morgan fingerprint density at radius 2 is 1.79 bits per heavy atom. The van der Waals surface area contributed by atoms with Crippen LogP contribution in [0.25, 0.3) is 22.4 Å². The van der Waals surface area contributed by atoms with Crippen molar-refractivity contribution in [3.63, 3.8) is 0 Å². The largest absolute Gasteiger partial charge is 0.383 e. The molecule has 0 aliphatic rings. The first-order valence-electron chi connectivity index (χ1n) is 10.8. The first kappa shape index (κ1) is 23.2. The molecule has 3 aromatic carbocycles. The fourth-order valence-electron chi connectivity index (χ4n) is 3.66. The van der Waals surface area contributed by atoms with E-state index in [0.29, 0.717) is 12.1 Å². The number of aromatic nitrogens is 2. The fraction of sp³-hybridized carbons (Fsp3) is 0.154. The van der Waals surface area contributed by atoms with Crippen LogP contribution in [0.15, 0.2) is 85.1 Å². The molecule has 34 heavy (non-hydrogen) atoms. The van der Waals surface area contributed by atoms with Gasteiger partial charge in [-0.15, -0.1) is 0 Å². The van der Waals surface area contributed by atoms with Crippen molar-refractivity contribution in [2.75, 3.05) is 24.7 Å². The number of anilines is 1. The van der Waals surface area contributed by atoms with Crippen LogP contribution in [0.4, 0.5) is 5.69 Å². The molecule has 0 unspecified atom stereocenters. The predicted molar refractivity (Wildman–Crippen MR) is 135 cm³/mol. The van der Waals surface area contributed by atoms with Crippen LogP contribution in [0.2, 0.25) is 0 Å². The molecule has 0 fully saturated rings. The maximum atomic E-state index is 11.8. The summed E-state index contributed by atoms with van der Waals surface area (Å²) in [4.78, 5) is 0. The molecule has 0 aliphatic heterocycles. The van der Waals surface area contributed by atoms with Gasteiger partial charge in [-0.05, 0) is 54.1 Å². The molecule has 4 rings (SSSR count). The molecule has 0 radical (unpaired) electrons. The Labute approximate surface area is 199 Å². The van der Waals surface area contributed by atoms with Gasteiger partial charge in [-0.25, -0.2) is 13.1 Å². The van der Waals surface area contributed by atoms with Gasteiger partial charge in [-0.3, -0.25) is 4.68 Å². The monoisotopic (exact) mass is 471 g/mol. The van der Waals surface area contributed by atoms with Crippen LogP contribution in [0.3, 0.4) is 0 Å². The van der Waals surface area contributed by atoms with Crippen LogP contribution >= 0.6 is 0 Å². The van der Waals surface area contributed by atoms with E-state index in [-0.39, 0.29) is 12.3 Å². The molecule has 1 aromatic heterocycles. The summed E-state index contributed by atoms with van der Waals surface area (Å²) in [7, 11) is -1.90. The average Bonchev–Trinajstić information content (AvgIpc) is 3.33. The number of nitriles is 1. The summed E-state index contributed by atoms with van der Waals surface area (Å²) in [5, 5.41) is 17.2. The lowest BCUT2D eigenvalue weighted by atomic mass is 10.00. The van der Waals surface area contributed by atoms with Crippen molar-refractivity contribution < 1.29 is 8.42 Å². The highest BCUT2D eigenvalue weighted by molar-refractivity contribution is 7.89. The normalized spacial score (nSPS) is 11.2. The summed E-state index contributed by atoms with van der Waals surface area (Å²) >= 11 is 0. The van der Waals surface area contributed by atoms with Crippen molar-refractivity contribution >= 4 is 15.7 Å². The van der Waals surface area contributed by atoms with Crippen molar-refractivity contribution in [3.05, 3.63) is 96.2 Å². The van der Waals surface area contributed by atoms with Gasteiger partial charge in [0.05, 0.1) is 29.6 Å². The van der Waals surface area contributed by atoms with E-state index >= 15 is 0 Å². The number of hydrogen-bond donors (Lipinski definition) is 2. The molecule has 0 aliphatic carbocycles. The molecule has 0 saturated carbocycles. The summed E-state index contributed by atoms with van der Waals surface area (Å²) in [5.74, 6) is -0.0347. The number of nitrogens with one attached hydrogen (secondary N) is 2. The molecule has 8 heteroatoms. The van der Waals surface area contributed by atoms with Crippen LogP contribution in [-0.4, -0.2) is 37.5 Å². The van der Waals surface area contributed by atoms with E-state index in [1.54, 1.807) is 6.07 Å². The van der Waals surface area contributed by atoms with E-state index in [9.17, 15) is 8.42 Å². The molecular weight excluding hydrogens is 446 g/mol. The lowest BCUT2D eigenvalue weighted by molar-refractivity contribution is 0.588. The van der Waals surface area contributed by atoms with Gasteiger partial charge in [0.1, 0.15) is 0 Å². The summed E-state index contributed by atoms with van der Waals surface area (Å²) < 4.78 is 27.8. The van der Waals surface area contributed by atoms with Crippen molar-refractivity contribution in [2.24, 2.45) is 0 Å². The van der Waals surface area contributed by atoms with Crippen molar-refractivity contribution in [1.29, 1.82) is 5.26 Å². The maximum absolute atomic E-state index is 11.8. The number of benzene rings is 3. The van der Waals surface area contributed by atoms with Gasteiger partial charge in [0.25, 0.3) is 0 Å². The smallest absolute Gasteiger partial charge is 0.213 e. The molecular formula is C26H25N5O2S. The van der Waals surface area contributed by atoms with Crippen LogP contribution in [0, 0.1) is 11.3 Å². The summed E-state index contributed by atoms with van der Waals surface area (Å²) in [6, 6.07) is 27.7. The Balaban J connectivity index is 1.64. The second-order valence-corrected chi connectivity index (χ2v) is 9.83. The zero-order valence-corrected chi connectivity index (χ0v) is 19.6. The van der Waals surface area contributed by atoms with Gasteiger partial charge in [0, 0.05) is 24.0 Å². The average molecular weight is 472 g/mol. The first-order valence-corrected chi connectivity index (χ1v) is 12.5. The zero-order chi connectivity index (χ0) is 24.0. The molecule has 0 bridgehead atoms. The van der Waals surface area contributed by atoms with Gasteiger partial charge in [-0.1, -0.05) is 48.5 Å². The zero-order valence-electron chi connectivity index (χ0n) is 18.8. The van der Waals surface area contributed by atoms with E-state index in [0.717, 1.165) is 33.6 Å². The Morgan fingerprint density at radius 3 is 2.56 bits per heavy atom. The van der Waals surface area contributed by atoms with Crippen molar-refractivity contribution in [3.8, 4) is 28.5 Å². The van der Waals surface area contributed by atoms with Crippen molar-refractivity contribution in [1.82, 2.24) is 14.5 Å². The second-order valence-electron chi connectivity index (χ2n) is 7.79. The molecule has 7 nitrogen and oxygen atoms in total. The van der Waals surface area contributed by atoms with E-state index < -0.39 is 10.0 Å².